The van der Waals surface area contributed by atoms with Crippen LogP contribution in [0.1, 0.15) is 100 Å². The number of unbranched alkanes of at least 4 members (excludes halogenated alkanes) is 2. The van der Waals surface area contributed by atoms with Crippen molar-refractivity contribution in [2.45, 2.75) is 77.7 Å². The van der Waals surface area contributed by atoms with Gasteiger partial charge in [0.25, 0.3) is 27.7 Å². The predicted molar refractivity (Wildman–Crippen MR) is 207 cm³/mol. The van der Waals surface area contributed by atoms with Crippen LogP contribution in [0.5, 0.6) is 0 Å². The Morgan fingerprint density at radius 3 is 2.21 bits per heavy atom. The van der Waals surface area contributed by atoms with Crippen LogP contribution in [0.15, 0.2) is 89.8 Å². The Hall–Kier alpha value is -5.29. The smallest absolute Gasteiger partial charge is 0.274 e. The van der Waals surface area contributed by atoms with Gasteiger partial charge in [-0.15, -0.1) is 0 Å². The molecular formula is C42H47N5O5S. The van der Waals surface area contributed by atoms with Crippen LogP contribution < -0.4 is 4.72 Å². The number of aromatic nitrogens is 2. The highest BCUT2D eigenvalue weighted by atomic mass is 32.2. The van der Waals surface area contributed by atoms with Crippen LogP contribution in [-0.4, -0.2) is 65.4 Å². The second kappa shape index (κ2) is 16.2. The molecule has 0 spiro atoms. The van der Waals surface area contributed by atoms with Crippen molar-refractivity contribution >= 4 is 38.5 Å². The van der Waals surface area contributed by atoms with Crippen molar-refractivity contribution in [3.63, 3.8) is 0 Å². The number of nitrogens with one attached hydrogen (secondary N) is 1. The number of nitrogens with zero attached hydrogens (tertiary/aromatic N) is 4. The molecule has 11 heteroatoms. The van der Waals surface area contributed by atoms with Gasteiger partial charge < -0.3 is 9.80 Å². The maximum absolute atomic E-state index is 14.5. The fourth-order valence-electron chi connectivity index (χ4n) is 6.97. The summed E-state index contributed by atoms with van der Waals surface area (Å²) < 4.78 is 30.7. The zero-order valence-electron chi connectivity index (χ0n) is 30.9. The fourth-order valence-corrected chi connectivity index (χ4v) is 7.98. The third-order valence-electron chi connectivity index (χ3n) is 10.0. The normalized spacial score (nSPS) is 12.8. The molecule has 0 bridgehead atoms. The Kier molecular flexibility index (Phi) is 11.4. The number of carbonyl (C=O) groups is 3. The minimum absolute atomic E-state index is 0.000930. The minimum atomic E-state index is -4.25. The van der Waals surface area contributed by atoms with E-state index in [4.69, 9.17) is 5.10 Å². The Morgan fingerprint density at radius 2 is 1.51 bits per heavy atom. The lowest BCUT2D eigenvalue weighted by Gasteiger charge is -2.29. The van der Waals surface area contributed by atoms with Gasteiger partial charge in [0.2, 0.25) is 0 Å². The fraction of sp³-hybridized carbons (Fsp3) is 0.333. The van der Waals surface area contributed by atoms with Crippen molar-refractivity contribution in [3.05, 3.63) is 124 Å². The van der Waals surface area contributed by atoms with Crippen molar-refractivity contribution < 1.29 is 22.8 Å². The summed E-state index contributed by atoms with van der Waals surface area (Å²) in [4.78, 5) is 45.8. The molecule has 53 heavy (non-hydrogen) atoms. The number of amides is 3. The molecule has 0 radical (unpaired) electrons. The molecule has 0 aliphatic carbocycles. The molecule has 10 nitrogen and oxygen atoms in total. The van der Waals surface area contributed by atoms with Crippen molar-refractivity contribution in [3.8, 4) is 5.69 Å². The van der Waals surface area contributed by atoms with Gasteiger partial charge in [-0.1, -0.05) is 88.2 Å². The van der Waals surface area contributed by atoms with Gasteiger partial charge >= 0.3 is 0 Å². The number of carbonyl (C=O) groups excluding carboxylic acids is 3. The maximum Gasteiger partial charge on any atom is 0.274 e. The van der Waals surface area contributed by atoms with E-state index in [9.17, 15) is 22.8 Å². The average molecular weight is 734 g/mol. The summed E-state index contributed by atoms with van der Waals surface area (Å²) in [6, 6.07) is 24.6. The van der Waals surface area contributed by atoms with Gasteiger partial charge in [-0.2, -0.15) is 5.10 Å². The van der Waals surface area contributed by atoms with Crippen LogP contribution in [0.25, 0.3) is 16.5 Å². The topological polar surface area (TPSA) is 122 Å². The summed E-state index contributed by atoms with van der Waals surface area (Å²) in [5, 5.41) is 6.46. The molecule has 0 atom stereocenters. The Morgan fingerprint density at radius 1 is 0.830 bits per heavy atom. The van der Waals surface area contributed by atoms with Gasteiger partial charge in [-0.05, 0) is 84.8 Å². The lowest BCUT2D eigenvalue weighted by atomic mass is 9.98. The summed E-state index contributed by atoms with van der Waals surface area (Å²) in [6.07, 6.45) is 4.91. The molecule has 276 valence electrons. The van der Waals surface area contributed by atoms with Crippen molar-refractivity contribution in [1.29, 1.82) is 0 Å². The first kappa shape index (κ1) is 37.5. The summed E-state index contributed by atoms with van der Waals surface area (Å²) in [7, 11) is -4.25. The number of rotatable bonds is 13. The first-order valence-electron chi connectivity index (χ1n) is 18.5. The number of sulfonamides is 1. The summed E-state index contributed by atoms with van der Waals surface area (Å²) in [6.45, 7) is 10.2. The zero-order chi connectivity index (χ0) is 37.7. The molecule has 0 saturated heterocycles. The van der Waals surface area contributed by atoms with Crippen LogP contribution in [-0.2, 0) is 29.4 Å². The Bertz CT molecular complexity index is 2270. The second-order valence-corrected chi connectivity index (χ2v) is 15.3. The van der Waals surface area contributed by atoms with Gasteiger partial charge in [-0.3, -0.25) is 14.4 Å². The van der Waals surface area contributed by atoms with E-state index in [-0.39, 0.29) is 27.8 Å². The molecule has 2 heterocycles. The predicted octanol–water partition coefficient (Wildman–Crippen LogP) is 7.26. The molecule has 5 aromatic rings. The lowest BCUT2D eigenvalue weighted by Crippen LogP contribution is -2.37. The molecule has 1 aliphatic heterocycles. The van der Waals surface area contributed by atoms with E-state index in [0.717, 1.165) is 53.3 Å². The standard InChI is InChI=1S/C42H47N5O5S/c1-5-8-23-45(24-9-6-2)42(50)39-36(7-3)29(4)47(43-39)38-21-19-33(27-37(38)41(49)46-25-22-31-15-11-13-17-34(31)28-46)40(48)44-53(51,52)35-20-18-30-14-10-12-16-32(30)26-35/h10-21,26-27H,5-9,22-25,28H2,1-4H3,(H,44,48). The van der Waals surface area contributed by atoms with Gasteiger partial charge in [-0.25, -0.2) is 17.8 Å². The zero-order valence-corrected chi connectivity index (χ0v) is 31.7. The number of hydrogen-bond donors (Lipinski definition) is 1. The largest absolute Gasteiger partial charge is 0.337 e. The number of fused-ring (bicyclic) bond motifs is 2. The molecule has 0 saturated carbocycles. The summed E-state index contributed by atoms with van der Waals surface area (Å²) in [5.41, 5.74) is 4.67. The molecule has 1 N–H and O–H groups in total. The molecule has 1 aliphatic rings. The van der Waals surface area contributed by atoms with Crippen molar-refractivity contribution in [2.75, 3.05) is 19.6 Å². The van der Waals surface area contributed by atoms with Crippen molar-refractivity contribution in [1.82, 2.24) is 24.3 Å². The van der Waals surface area contributed by atoms with Gasteiger partial charge in [0.15, 0.2) is 5.69 Å². The van der Waals surface area contributed by atoms with E-state index < -0.39 is 15.9 Å². The van der Waals surface area contributed by atoms with E-state index in [1.807, 2.05) is 55.1 Å². The van der Waals surface area contributed by atoms with E-state index in [1.54, 1.807) is 27.8 Å². The average Bonchev–Trinajstić information content (AvgIpc) is 3.51. The highest BCUT2D eigenvalue weighted by Crippen LogP contribution is 2.28. The molecule has 0 fully saturated rings. The van der Waals surface area contributed by atoms with Crippen LogP contribution >= 0.6 is 0 Å². The first-order chi connectivity index (χ1) is 25.6. The van der Waals surface area contributed by atoms with Crippen LogP contribution in [0.3, 0.4) is 0 Å². The molecule has 0 unspecified atom stereocenters. The van der Waals surface area contributed by atoms with Gasteiger partial charge in [0, 0.05) is 43.0 Å². The molecule has 3 amide bonds. The first-order valence-corrected chi connectivity index (χ1v) is 20.0. The van der Waals surface area contributed by atoms with Crippen molar-refractivity contribution in [2.24, 2.45) is 0 Å². The Labute approximate surface area is 311 Å². The SMILES string of the molecule is CCCCN(CCCC)C(=O)c1nn(-c2ccc(C(=O)NS(=O)(=O)c3ccc4ccccc4c3)cc2C(=O)N2CCc3ccccc3C2)c(C)c1CC. The summed E-state index contributed by atoms with van der Waals surface area (Å²) >= 11 is 0. The Balaban J connectivity index is 1.40. The minimum Gasteiger partial charge on any atom is -0.337 e. The molecular weight excluding hydrogens is 687 g/mol. The second-order valence-electron chi connectivity index (χ2n) is 13.6. The molecule has 4 aromatic carbocycles. The van der Waals surface area contributed by atoms with Crippen LogP contribution in [0, 0.1) is 6.92 Å². The van der Waals surface area contributed by atoms with Gasteiger partial charge in [0.05, 0.1) is 16.1 Å². The third-order valence-corrected chi connectivity index (χ3v) is 11.4. The van der Waals surface area contributed by atoms with Crippen LogP contribution in [0.4, 0.5) is 0 Å². The lowest BCUT2D eigenvalue weighted by molar-refractivity contribution is 0.0732. The number of benzene rings is 4. The summed E-state index contributed by atoms with van der Waals surface area (Å²) in [5.74, 6) is -1.33. The van der Waals surface area contributed by atoms with E-state index in [1.165, 1.54) is 29.8 Å². The quantitative estimate of drug-likeness (QED) is 0.136. The maximum atomic E-state index is 14.5. The highest BCUT2D eigenvalue weighted by Gasteiger charge is 2.30. The van der Waals surface area contributed by atoms with Crippen LogP contribution in [0.2, 0.25) is 0 Å². The third kappa shape index (κ3) is 7.90. The molecule has 6 rings (SSSR count). The monoisotopic (exact) mass is 733 g/mol. The highest BCUT2D eigenvalue weighted by molar-refractivity contribution is 7.90. The van der Waals surface area contributed by atoms with E-state index in [2.05, 4.69) is 24.6 Å². The van der Waals surface area contributed by atoms with E-state index >= 15 is 0 Å². The van der Waals surface area contributed by atoms with Gasteiger partial charge in [0.1, 0.15) is 0 Å². The van der Waals surface area contributed by atoms with E-state index in [0.29, 0.717) is 50.4 Å². The number of hydrogen-bond acceptors (Lipinski definition) is 6. The molecule has 1 aromatic heterocycles.